The molecule has 7 heteroatoms. The second-order valence-corrected chi connectivity index (χ2v) is 9.01. The summed E-state index contributed by atoms with van der Waals surface area (Å²) in [6.07, 6.45) is -2.43. The fourth-order valence-corrected chi connectivity index (χ4v) is 4.91. The van der Waals surface area contributed by atoms with E-state index in [1.165, 1.54) is 12.1 Å². The molecule has 0 saturated carbocycles. The Morgan fingerprint density at radius 3 is 2.17 bits per heavy atom. The van der Waals surface area contributed by atoms with Gasteiger partial charge in [0.1, 0.15) is 0 Å². The van der Waals surface area contributed by atoms with Crippen molar-refractivity contribution in [2.24, 2.45) is 5.92 Å². The van der Waals surface area contributed by atoms with E-state index >= 15 is 0 Å². The van der Waals surface area contributed by atoms with Gasteiger partial charge in [-0.25, -0.2) is 4.79 Å². The smallest absolute Gasteiger partial charge is 0.316 e. The Morgan fingerprint density at radius 1 is 0.971 bits per heavy atom. The maximum Gasteiger partial charge on any atom is 0.416 e. The lowest BCUT2D eigenvalue weighted by atomic mass is 9.80. The standard InChI is InChI=1S/C28H30F3N3O/c1-20(21-9-4-2-5-10-21)26(22-11-8-18-32-19-22)34(25-12-6-3-7-13-25)27(35)33-24-16-14-23(15-17-24)28(29,30)31/h2-7,9-10,12-17,20,22,26,32H,8,11,18-19H2,1H3,(H,33,35). The molecule has 1 fully saturated rings. The van der Waals surface area contributed by atoms with Gasteiger partial charge in [-0.1, -0.05) is 55.5 Å². The van der Waals surface area contributed by atoms with Crippen molar-refractivity contribution in [1.82, 2.24) is 5.32 Å². The third-order valence-corrected chi connectivity index (χ3v) is 6.67. The number of nitrogens with one attached hydrogen (secondary N) is 2. The van der Waals surface area contributed by atoms with E-state index < -0.39 is 11.7 Å². The highest BCUT2D eigenvalue weighted by molar-refractivity contribution is 6.02. The maximum absolute atomic E-state index is 13.8. The highest BCUT2D eigenvalue weighted by atomic mass is 19.4. The second-order valence-electron chi connectivity index (χ2n) is 9.01. The van der Waals surface area contributed by atoms with Crippen LogP contribution in [0.4, 0.5) is 29.3 Å². The number of urea groups is 1. The van der Waals surface area contributed by atoms with Crippen molar-refractivity contribution in [3.05, 3.63) is 96.1 Å². The van der Waals surface area contributed by atoms with Gasteiger partial charge in [-0.2, -0.15) is 13.2 Å². The van der Waals surface area contributed by atoms with Crippen LogP contribution in [0.1, 0.15) is 36.8 Å². The normalized spacial score (nSPS) is 17.9. The molecule has 184 valence electrons. The van der Waals surface area contributed by atoms with Crippen molar-refractivity contribution in [1.29, 1.82) is 0 Å². The summed E-state index contributed by atoms with van der Waals surface area (Å²) in [7, 11) is 0. The number of para-hydroxylation sites is 1. The van der Waals surface area contributed by atoms with Crippen LogP contribution in [0.3, 0.4) is 0 Å². The number of rotatable bonds is 6. The number of halogens is 3. The maximum atomic E-state index is 13.8. The summed E-state index contributed by atoms with van der Waals surface area (Å²) < 4.78 is 39.0. The molecule has 0 bridgehead atoms. The summed E-state index contributed by atoms with van der Waals surface area (Å²) >= 11 is 0. The zero-order valence-electron chi connectivity index (χ0n) is 19.6. The van der Waals surface area contributed by atoms with Gasteiger partial charge in [0, 0.05) is 23.3 Å². The number of nitrogens with zero attached hydrogens (tertiary/aromatic N) is 1. The van der Waals surface area contributed by atoms with Crippen molar-refractivity contribution in [2.75, 3.05) is 23.3 Å². The molecule has 0 aromatic heterocycles. The van der Waals surface area contributed by atoms with E-state index in [9.17, 15) is 18.0 Å². The molecular formula is C28H30F3N3O. The predicted octanol–water partition coefficient (Wildman–Crippen LogP) is 6.92. The molecule has 0 spiro atoms. The molecule has 3 aromatic rings. The Morgan fingerprint density at radius 2 is 1.60 bits per heavy atom. The first-order chi connectivity index (χ1) is 16.8. The molecule has 2 amide bonds. The third kappa shape index (κ3) is 6.03. The first kappa shape index (κ1) is 24.8. The summed E-state index contributed by atoms with van der Waals surface area (Å²) in [5, 5.41) is 6.32. The van der Waals surface area contributed by atoms with Crippen LogP contribution < -0.4 is 15.5 Å². The number of carbonyl (C=O) groups is 1. The van der Waals surface area contributed by atoms with E-state index in [1.807, 2.05) is 48.5 Å². The number of hydrogen-bond acceptors (Lipinski definition) is 2. The number of hydrogen-bond donors (Lipinski definition) is 2. The Balaban J connectivity index is 1.70. The number of piperidine rings is 1. The molecule has 2 N–H and O–H groups in total. The van der Waals surface area contributed by atoms with Crippen LogP contribution in [-0.2, 0) is 6.18 Å². The molecule has 3 atom stereocenters. The molecule has 1 aliphatic heterocycles. The minimum atomic E-state index is -4.43. The van der Waals surface area contributed by atoms with Crippen LogP contribution >= 0.6 is 0 Å². The lowest BCUT2D eigenvalue weighted by Gasteiger charge is -2.42. The molecule has 1 saturated heterocycles. The van der Waals surface area contributed by atoms with Crippen LogP contribution in [-0.4, -0.2) is 25.2 Å². The molecule has 3 unspecified atom stereocenters. The fourth-order valence-electron chi connectivity index (χ4n) is 4.91. The highest BCUT2D eigenvalue weighted by Gasteiger charge is 2.37. The van der Waals surface area contributed by atoms with Crippen LogP contribution in [0, 0.1) is 5.92 Å². The molecular weight excluding hydrogens is 451 g/mol. The zero-order chi connectivity index (χ0) is 24.8. The molecule has 1 aliphatic rings. The van der Waals surface area contributed by atoms with Crippen LogP contribution in [0.15, 0.2) is 84.9 Å². The van der Waals surface area contributed by atoms with Crippen LogP contribution in [0.2, 0.25) is 0 Å². The zero-order valence-corrected chi connectivity index (χ0v) is 19.6. The topological polar surface area (TPSA) is 44.4 Å². The number of amides is 2. The highest BCUT2D eigenvalue weighted by Crippen LogP contribution is 2.35. The number of benzene rings is 3. The minimum Gasteiger partial charge on any atom is -0.316 e. The van der Waals surface area contributed by atoms with Gasteiger partial charge < -0.3 is 10.6 Å². The van der Waals surface area contributed by atoms with Crippen molar-refractivity contribution in [2.45, 2.75) is 37.9 Å². The second kappa shape index (κ2) is 11.0. The lowest BCUT2D eigenvalue weighted by molar-refractivity contribution is -0.137. The number of anilines is 2. The van der Waals surface area contributed by atoms with Gasteiger partial charge in [-0.05, 0) is 73.8 Å². The van der Waals surface area contributed by atoms with Crippen molar-refractivity contribution in [3.63, 3.8) is 0 Å². The van der Waals surface area contributed by atoms with Crippen molar-refractivity contribution < 1.29 is 18.0 Å². The van der Waals surface area contributed by atoms with Gasteiger partial charge in [-0.15, -0.1) is 0 Å². The molecule has 0 radical (unpaired) electrons. The molecule has 4 rings (SSSR count). The quantitative estimate of drug-likeness (QED) is 0.402. The van der Waals surface area contributed by atoms with Crippen LogP contribution in [0.25, 0.3) is 0 Å². The molecule has 35 heavy (non-hydrogen) atoms. The Bertz CT molecular complexity index is 1080. The van der Waals surface area contributed by atoms with E-state index in [4.69, 9.17) is 0 Å². The first-order valence-corrected chi connectivity index (χ1v) is 11.9. The molecule has 1 heterocycles. The summed E-state index contributed by atoms with van der Waals surface area (Å²) in [6, 6.07) is 23.6. The third-order valence-electron chi connectivity index (χ3n) is 6.67. The van der Waals surface area contributed by atoms with Crippen LogP contribution in [0.5, 0.6) is 0 Å². The first-order valence-electron chi connectivity index (χ1n) is 11.9. The van der Waals surface area contributed by atoms with E-state index in [1.54, 1.807) is 4.90 Å². The van der Waals surface area contributed by atoms with E-state index in [2.05, 4.69) is 29.7 Å². The predicted molar refractivity (Wildman–Crippen MR) is 134 cm³/mol. The van der Waals surface area contributed by atoms with Crippen molar-refractivity contribution in [3.8, 4) is 0 Å². The molecule has 3 aromatic carbocycles. The number of alkyl halides is 3. The van der Waals surface area contributed by atoms with Gasteiger partial charge >= 0.3 is 12.2 Å². The summed E-state index contributed by atoms with van der Waals surface area (Å²) in [5.41, 5.74) is 1.44. The van der Waals surface area contributed by atoms with Gasteiger partial charge in [0.2, 0.25) is 0 Å². The number of carbonyl (C=O) groups excluding carboxylic acids is 1. The Kier molecular flexibility index (Phi) is 7.76. The Hall–Kier alpha value is -3.32. The average Bonchev–Trinajstić information content (AvgIpc) is 2.88. The molecule has 0 aliphatic carbocycles. The monoisotopic (exact) mass is 481 g/mol. The van der Waals surface area contributed by atoms with Gasteiger partial charge in [-0.3, -0.25) is 4.90 Å². The fraction of sp³-hybridized carbons (Fsp3) is 0.321. The average molecular weight is 482 g/mol. The SMILES string of the molecule is CC(c1ccccc1)C(C1CCCNC1)N(C(=O)Nc1ccc(C(F)(F)F)cc1)c1ccccc1. The lowest BCUT2D eigenvalue weighted by Crippen LogP contribution is -2.53. The van der Waals surface area contributed by atoms with Gasteiger partial charge in [0.25, 0.3) is 0 Å². The van der Waals surface area contributed by atoms with Gasteiger partial charge in [0.15, 0.2) is 0 Å². The van der Waals surface area contributed by atoms with Crippen molar-refractivity contribution >= 4 is 17.4 Å². The summed E-state index contributed by atoms with van der Waals surface area (Å²) in [4.78, 5) is 15.6. The Labute approximate surface area is 204 Å². The van der Waals surface area contributed by atoms with Gasteiger partial charge in [0.05, 0.1) is 5.56 Å². The molecule has 4 nitrogen and oxygen atoms in total. The summed E-state index contributed by atoms with van der Waals surface area (Å²) in [5.74, 6) is 0.233. The van der Waals surface area contributed by atoms with E-state index in [0.717, 1.165) is 49.3 Å². The van der Waals surface area contributed by atoms with E-state index in [0.29, 0.717) is 5.69 Å². The minimum absolute atomic E-state index is 0.0275. The van der Waals surface area contributed by atoms with E-state index in [-0.39, 0.29) is 23.9 Å². The largest absolute Gasteiger partial charge is 0.416 e. The summed E-state index contributed by atoms with van der Waals surface area (Å²) in [6.45, 7) is 3.88.